The number of halogens is 6. The molecular formula is C20H19Cl2F4N5O3S. The summed E-state index contributed by atoms with van der Waals surface area (Å²) in [5.74, 6) is -2.34. The van der Waals surface area contributed by atoms with Crippen molar-refractivity contribution >= 4 is 50.6 Å². The monoisotopic (exact) mass is 555 g/mol. The van der Waals surface area contributed by atoms with Crippen LogP contribution in [0.25, 0.3) is 16.8 Å². The molecule has 3 aromatic rings. The number of nitrogens with one attached hydrogen (secondary N) is 2. The standard InChI is InChI=1S/C20H19Cl2F4N5O3S/c1-9(19(2,3)4)28-17-14(13-11(21)6-5-7-12(13)23)15(22)29-16-10(8-27-31(16)17)18(32)30-35(33,34)20(24,25)26/h5-9,28H,1-4H3,(H,30,32). The molecule has 190 valence electrons. The molecule has 1 aromatic carbocycles. The number of alkyl halides is 3. The molecule has 0 aliphatic heterocycles. The number of fused-ring (bicyclic) bond motifs is 1. The van der Waals surface area contributed by atoms with E-state index in [2.05, 4.69) is 15.4 Å². The molecule has 0 radical (unpaired) electrons. The molecule has 1 atom stereocenters. The third-order valence-corrected chi connectivity index (χ3v) is 6.90. The molecule has 0 fully saturated rings. The number of carbonyl (C=O) groups is 1. The van der Waals surface area contributed by atoms with Gasteiger partial charge in [-0.05, 0) is 24.5 Å². The molecule has 0 saturated heterocycles. The molecule has 8 nitrogen and oxygen atoms in total. The average Bonchev–Trinajstić information content (AvgIpc) is 3.11. The van der Waals surface area contributed by atoms with Gasteiger partial charge in [-0.3, -0.25) is 4.79 Å². The molecule has 0 bridgehead atoms. The Morgan fingerprint density at radius 1 is 1.14 bits per heavy atom. The fourth-order valence-corrected chi connectivity index (χ4v) is 3.87. The SMILES string of the molecule is CC(Nc1c(-c2c(F)cccc2Cl)c(Cl)nc2c(C(=O)NS(=O)(=O)C(F)(F)F)cnn12)C(C)(C)C. The number of amides is 1. The largest absolute Gasteiger partial charge is 0.516 e. The highest BCUT2D eigenvalue weighted by Gasteiger charge is 2.47. The molecule has 2 heterocycles. The maximum Gasteiger partial charge on any atom is 0.516 e. The second-order valence-electron chi connectivity index (χ2n) is 8.63. The topological polar surface area (TPSA) is 105 Å². The minimum absolute atomic E-state index is 0.0131. The average molecular weight is 556 g/mol. The fourth-order valence-electron chi connectivity index (χ4n) is 2.87. The molecule has 3 rings (SSSR count). The van der Waals surface area contributed by atoms with Crippen LogP contribution in [0.15, 0.2) is 24.4 Å². The number of nitrogens with zero attached hydrogens (tertiary/aromatic N) is 3. The van der Waals surface area contributed by atoms with E-state index in [1.54, 1.807) is 6.92 Å². The molecule has 2 aromatic heterocycles. The van der Waals surface area contributed by atoms with Gasteiger partial charge in [0.1, 0.15) is 22.4 Å². The maximum atomic E-state index is 14.8. The van der Waals surface area contributed by atoms with Gasteiger partial charge in [0.05, 0.1) is 16.8 Å². The highest BCUT2D eigenvalue weighted by Crippen LogP contribution is 2.41. The smallest absolute Gasteiger partial charge is 0.366 e. The first kappa shape index (κ1) is 27.0. The fraction of sp³-hybridized carbons (Fsp3) is 0.350. The first-order chi connectivity index (χ1) is 16.0. The lowest BCUT2D eigenvalue weighted by Crippen LogP contribution is -2.40. The van der Waals surface area contributed by atoms with Crippen molar-refractivity contribution in [3.05, 3.63) is 46.0 Å². The minimum Gasteiger partial charge on any atom is -0.366 e. The number of hydrogen-bond donors (Lipinski definition) is 2. The zero-order valence-corrected chi connectivity index (χ0v) is 21.0. The van der Waals surface area contributed by atoms with Crippen molar-refractivity contribution in [3.63, 3.8) is 0 Å². The van der Waals surface area contributed by atoms with Crippen molar-refractivity contribution in [2.24, 2.45) is 5.41 Å². The van der Waals surface area contributed by atoms with Gasteiger partial charge in [-0.25, -0.2) is 14.1 Å². The van der Waals surface area contributed by atoms with E-state index in [4.69, 9.17) is 23.2 Å². The Labute approximate surface area is 207 Å². The van der Waals surface area contributed by atoms with Crippen molar-refractivity contribution in [2.75, 3.05) is 5.32 Å². The van der Waals surface area contributed by atoms with E-state index in [1.165, 1.54) is 12.1 Å². The van der Waals surface area contributed by atoms with Gasteiger partial charge < -0.3 is 5.32 Å². The molecule has 2 N–H and O–H groups in total. The number of benzene rings is 1. The van der Waals surface area contributed by atoms with Crippen molar-refractivity contribution in [2.45, 2.75) is 39.2 Å². The number of hydrogen-bond acceptors (Lipinski definition) is 6. The van der Waals surface area contributed by atoms with Crippen LogP contribution in [0.1, 0.15) is 38.1 Å². The summed E-state index contributed by atoms with van der Waals surface area (Å²) in [5, 5.41) is 6.74. The number of aromatic nitrogens is 3. The van der Waals surface area contributed by atoms with Crippen LogP contribution < -0.4 is 10.0 Å². The van der Waals surface area contributed by atoms with E-state index in [0.29, 0.717) is 0 Å². The van der Waals surface area contributed by atoms with E-state index < -0.39 is 32.8 Å². The second kappa shape index (κ2) is 9.10. The van der Waals surface area contributed by atoms with Crippen molar-refractivity contribution < 1.29 is 30.8 Å². The summed E-state index contributed by atoms with van der Waals surface area (Å²) in [5.41, 5.74) is -7.20. The first-order valence-corrected chi connectivity index (χ1v) is 12.1. The van der Waals surface area contributed by atoms with Crippen LogP contribution in [0.5, 0.6) is 0 Å². The van der Waals surface area contributed by atoms with E-state index >= 15 is 0 Å². The van der Waals surface area contributed by atoms with Crippen LogP contribution in [-0.4, -0.2) is 40.5 Å². The molecule has 1 unspecified atom stereocenters. The third kappa shape index (κ3) is 5.16. The summed E-state index contributed by atoms with van der Waals surface area (Å²) in [6.07, 6.45) is 0.819. The predicted octanol–water partition coefficient (Wildman–Crippen LogP) is 5.27. The first-order valence-electron chi connectivity index (χ1n) is 9.87. The van der Waals surface area contributed by atoms with Crippen LogP contribution in [0.4, 0.5) is 23.4 Å². The maximum absolute atomic E-state index is 14.8. The normalized spacial score (nSPS) is 13.7. The van der Waals surface area contributed by atoms with Gasteiger partial charge >= 0.3 is 15.5 Å². The molecule has 0 saturated carbocycles. The molecule has 1 amide bonds. The third-order valence-electron chi connectivity index (χ3n) is 5.24. The summed E-state index contributed by atoms with van der Waals surface area (Å²) in [4.78, 5) is 16.4. The Kier molecular flexibility index (Phi) is 7.01. The summed E-state index contributed by atoms with van der Waals surface area (Å²) < 4.78 is 77.8. The van der Waals surface area contributed by atoms with Gasteiger partial charge in [-0.2, -0.15) is 31.2 Å². The van der Waals surface area contributed by atoms with Crippen LogP contribution in [-0.2, 0) is 10.0 Å². The Balaban J connectivity index is 2.28. The summed E-state index contributed by atoms with van der Waals surface area (Å²) in [6.45, 7) is 7.53. The van der Waals surface area contributed by atoms with Crippen molar-refractivity contribution in [1.82, 2.24) is 19.3 Å². The number of carbonyl (C=O) groups excluding carboxylic acids is 1. The highest BCUT2D eigenvalue weighted by molar-refractivity contribution is 7.90. The zero-order chi connectivity index (χ0) is 26.5. The molecule has 0 spiro atoms. The van der Waals surface area contributed by atoms with E-state index in [9.17, 15) is 30.8 Å². The summed E-state index contributed by atoms with van der Waals surface area (Å²) in [7, 11) is -5.99. The Bertz CT molecular complexity index is 1400. The molecule has 15 heteroatoms. The van der Waals surface area contributed by atoms with Crippen LogP contribution >= 0.6 is 23.2 Å². The number of rotatable bonds is 5. The highest BCUT2D eigenvalue weighted by atomic mass is 35.5. The quantitative estimate of drug-likeness (QED) is 0.328. The summed E-state index contributed by atoms with van der Waals surface area (Å²) in [6, 6.07) is 3.62. The molecule has 0 aliphatic rings. The van der Waals surface area contributed by atoms with E-state index in [1.807, 2.05) is 20.8 Å². The Hall–Kier alpha value is -2.64. The van der Waals surface area contributed by atoms with Crippen LogP contribution in [0.3, 0.4) is 0 Å². The van der Waals surface area contributed by atoms with Gasteiger partial charge in [0.15, 0.2) is 5.65 Å². The van der Waals surface area contributed by atoms with E-state index in [0.717, 1.165) is 21.5 Å². The Morgan fingerprint density at radius 2 is 1.77 bits per heavy atom. The predicted molar refractivity (Wildman–Crippen MR) is 123 cm³/mol. The Morgan fingerprint density at radius 3 is 2.31 bits per heavy atom. The van der Waals surface area contributed by atoms with Gasteiger partial charge in [0.2, 0.25) is 0 Å². The van der Waals surface area contributed by atoms with Crippen molar-refractivity contribution in [1.29, 1.82) is 0 Å². The van der Waals surface area contributed by atoms with E-state index in [-0.39, 0.29) is 44.2 Å². The van der Waals surface area contributed by atoms with Crippen LogP contribution in [0, 0.1) is 11.2 Å². The second-order valence-corrected chi connectivity index (χ2v) is 11.1. The molecule has 0 aliphatic carbocycles. The minimum atomic E-state index is -5.99. The molecular weight excluding hydrogens is 537 g/mol. The summed E-state index contributed by atoms with van der Waals surface area (Å²) >= 11 is 12.6. The van der Waals surface area contributed by atoms with Gasteiger partial charge in [0.25, 0.3) is 5.91 Å². The van der Waals surface area contributed by atoms with Gasteiger partial charge in [-0.15, -0.1) is 0 Å². The van der Waals surface area contributed by atoms with Gasteiger partial charge in [0, 0.05) is 11.6 Å². The lowest BCUT2D eigenvalue weighted by molar-refractivity contribution is -0.0446. The number of sulfonamides is 1. The lowest BCUT2D eigenvalue weighted by Gasteiger charge is -2.30. The number of anilines is 1. The zero-order valence-electron chi connectivity index (χ0n) is 18.6. The van der Waals surface area contributed by atoms with Crippen molar-refractivity contribution in [3.8, 4) is 11.1 Å². The lowest BCUT2D eigenvalue weighted by atomic mass is 9.88. The van der Waals surface area contributed by atoms with Crippen LogP contribution in [0.2, 0.25) is 10.2 Å². The van der Waals surface area contributed by atoms with Gasteiger partial charge in [-0.1, -0.05) is 50.0 Å². The molecule has 35 heavy (non-hydrogen) atoms.